The van der Waals surface area contributed by atoms with Crippen LogP contribution in [0.3, 0.4) is 0 Å². The van der Waals surface area contributed by atoms with Crippen molar-refractivity contribution >= 4 is 60.2 Å². The van der Waals surface area contributed by atoms with Crippen LogP contribution in [0, 0.1) is 0 Å². The minimum absolute atomic E-state index is 0.323. The molecule has 0 saturated heterocycles. The van der Waals surface area contributed by atoms with Gasteiger partial charge in [0.15, 0.2) is 0 Å². The molecule has 4 aromatic heterocycles. The first-order chi connectivity index (χ1) is 25.5. The largest absolute Gasteiger partial charge is 0.457 e. The summed E-state index contributed by atoms with van der Waals surface area (Å²) in [4.78, 5) is 10.1. The number of rotatable bonds is 6. The number of pyridine rings is 1. The molecule has 0 aliphatic heterocycles. The molecule has 0 radical (unpaired) electrons. The van der Waals surface area contributed by atoms with Crippen molar-refractivity contribution < 1.29 is 4.74 Å². The lowest BCUT2D eigenvalue weighted by molar-refractivity contribution is 0.484. The van der Waals surface area contributed by atoms with Gasteiger partial charge in [0.1, 0.15) is 17.1 Å². The Kier molecular flexibility index (Phi) is 6.77. The van der Waals surface area contributed by atoms with Gasteiger partial charge in [-0.25, -0.2) is 9.97 Å². The van der Waals surface area contributed by atoms with Crippen molar-refractivity contribution in [3.8, 4) is 23.1 Å². The normalized spacial score (nSPS) is 12.2. The summed E-state index contributed by atoms with van der Waals surface area (Å²) in [7, 11) is 0. The fourth-order valence-corrected chi connectivity index (χ4v) is 8.13. The molecule has 0 saturated carbocycles. The number of benzene rings is 6. The smallest absolute Gasteiger partial charge is 0.220 e. The second-order valence-corrected chi connectivity index (χ2v) is 14.3. The molecule has 0 aliphatic carbocycles. The Morgan fingerprint density at radius 2 is 1.13 bits per heavy atom. The molecule has 0 N–H and O–H groups in total. The van der Waals surface area contributed by atoms with Gasteiger partial charge in [-0.2, -0.15) is 0 Å². The number of hydrogen-bond acceptors (Lipinski definition) is 3. The predicted molar refractivity (Wildman–Crippen MR) is 214 cm³/mol. The van der Waals surface area contributed by atoms with Crippen molar-refractivity contribution in [3.05, 3.63) is 151 Å². The monoisotopic (exact) mass is 675 g/mol. The Labute approximate surface area is 301 Å². The van der Waals surface area contributed by atoms with Crippen molar-refractivity contribution in [1.29, 1.82) is 0 Å². The van der Waals surface area contributed by atoms with E-state index in [-0.39, 0.29) is 0 Å². The zero-order valence-electron chi connectivity index (χ0n) is 29.6. The molecule has 0 bridgehead atoms. The zero-order valence-corrected chi connectivity index (χ0v) is 29.6. The third kappa shape index (κ3) is 4.50. The average molecular weight is 676 g/mol. The fraction of sp³-hybridized carbons (Fsp3) is 0.130. The third-order valence-corrected chi connectivity index (χ3v) is 10.5. The maximum Gasteiger partial charge on any atom is 0.220 e. The molecule has 6 nitrogen and oxygen atoms in total. The molecule has 10 aromatic rings. The lowest BCUT2D eigenvalue weighted by Crippen LogP contribution is -2.11. The van der Waals surface area contributed by atoms with E-state index in [0.717, 1.165) is 66.8 Å². The van der Waals surface area contributed by atoms with Gasteiger partial charge in [0, 0.05) is 40.0 Å². The molecule has 0 amide bonds. The van der Waals surface area contributed by atoms with Crippen molar-refractivity contribution in [2.45, 2.75) is 39.5 Å². The highest BCUT2D eigenvalue weighted by atomic mass is 16.5. The maximum absolute atomic E-state index is 6.72. The van der Waals surface area contributed by atoms with Crippen LogP contribution < -0.4 is 4.74 Å². The Bertz CT molecular complexity index is 2990. The second kappa shape index (κ2) is 11.6. The molecule has 0 atom stereocenters. The molecular formula is C46H37N5O. The van der Waals surface area contributed by atoms with Crippen LogP contribution in [-0.2, 0) is 0 Å². The van der Waals surface area contributed by atoms with Crippen LogP contribution in [0.25, 0.3) is 71.8 Å². The SMILES string of the molecule is CC(C)c1cccc(C(C)C)c1-n1c(-n2c3ccccc3c3ccc(Oc4ccc5c6ccccc6n6ccnc6c5c4)cc32)nc2ccccc21. The number of hydrogen-bond donors (Lipinski definition) is 0. The van der Waals surface area contributed by atoms with Crippen molar-refractivity contribution in [2.75, 3.05) is 0 Å². The van der Waals surface area contributed by atoms with Crippen molar-refractivity contribution in [3.63, 3.8) is 0 Å². The molecule has 0 spiro atoms. The minimum Gasteiger partial charge on any atom is -0.457 e. The van der Waals surface area contributed by atoms with Crippen LogP contribution in [0.15, 0.2) is 140 Å². The van der Waals surface area contributed by atoms with Gasteiger partial charge in [-0.15, -0.1) is 0 Å². The maximum atomic E-state index is 6.72. The molecule has 0 fully saturated rings. The molecular weight excluding hydrogens is 639 g/mol. The van der Waals surface area contributed by atoms with Crippen LogP contribution in [0.1, 0.15) is 50.7 Å². The summed E-state index contributed by atoms with van der Waals surface area (Å²) in [6, 6.07) is 45.0. The lowest BCUT2D eigenvalue weighted by atomic mass is 9.92. The van der Waals surface area contributed by atoms with Crippen LogP contribution >= 0.6 is 0 Å². The van der Waals surface area contributed by atoms with Crippen LogP contribution in [0.2, 0.25) is 0 Å². The molecule has 4 heterocycles. The van der Waals surface area contributed by atoms with Gasteiger partial charge in [0.25, 0.3) is 0 Å². The van der Waals surface area contributed by atoms with E-state index in [0.29, 0.717) is 11.8 Å². The Morgan fingerprint density at radius 3 is 1.88 bits per heavy atom. The summed E-state index contributed by atoms with van der Waals surface area (Å²) in [5.74, 6) is 3.02. The zero-order chi connectivity index (χ0) is 35.1. The number of imidazole rings is 2. The number of para-hydroxylation sites is 5. The number of nitrogens with zero attached hydrogens (tertiary/aromatic N) is 5. The summed E-state index contributed by atoms with van der Waals surface area (Å²) >= 11 is 0. The Hall–Kier alpha value is -6.40. The van der Waals surface area contributed by atoms with Crippen molar-refractivity contribution in [1.82, 2.24) is 23.5 Å². The van der Waals surface area contributed by atoms with E-state index in [2.05, 4.69) is 169 Å². The predicted octanol–water partition coefficient (Wildman–Crippen LogP) is 12.1. The highest BCUT2D eigenvalue weighted by Gasteiger charge is 2.24. The highest BCUT2D eigenvalue weighted by Crippen LogP contribution is 2.40. The quantitative estimate of drug-likeness (QED) is 0.165. The first kappa shape index (κ1) is 30.4. The lowest BCUT2D eigenvalue weighted by Gasteiger charge is -2.23. The first-order valence-electron chi connectivity index (χ1n) is 18.1. The van der Waals surface area contributed by atoms with Gasteiger partial charge in [-0.1, -0.05) is 94.4 Å². The molecule has 10 rings (SSSR count). The van der Waals surface area contributed by atoms with Gasteiger partial charge < -0.3 is 4.74 Å². The van der Waals surface area contributed by atoms with E-state index < -0.39 is 0 Å². The van der Waals surface area contributed by atoms with Gasteiger partial charge in [0.2, 0.25) is 5.95 Å². The molecule has 6 heteroatoms. The van der Waals surface area contributed by atoms with Crippen LogP contribution in [0.5, 0.6) is 11.5 Å². The second-order valence-electron chi connectivity index (χ2n) is 14.3. The van der Waals surface area contributed by atoms with E-state index in [9.17, 15) is 0 Å². The van der Waals surface area contributed by atoms with E-state index in [4.69, 9.17) is 14.7 Å². The topological polar surface area (TPSA) is 49.3 Å². The van der Waals surface area contributed by atoms with Crippen LogP contribution in [-0.4, -0.2) is 23.5 Å². The molecule has 52 heavy (non-hydrogen) atoms. The van der Waals surface area contributed by atoms with E-state index in [1.54, 1.807) is 0 Å². The number of aromatic nitrogens is 5. The molecule has 6 aromatic carbocycles. The van der Waals surface area contributed by atoms with Gasteiger partial charge in [-0.05, 0) is 82.9 Å². The Morgan fingerprint density at radius 1 is 0.519 bits per heavy atom. The highest BCUT2D eigenvalue weighted by molar-refractivity contribution is 6.12. The molecule has 0 unspecified atom stereocenters. The van der Waals surface area contributed by atoms with Crippen molar-refractivity contribution in [2.24, 2.45) is 0 Å². The summed E-state index contributed by atoms with van der Waals surface area (Å²) in [5.41, 5.74) is 10.0. The summed E-state index contributed by atoms with van der Waals surface area (Å²) < 4.78 is 13.6. The number of ether oxygens (including phenoxy) is 1. The van der Waals surface area contributed by atoms with E-state index >= 15 is 0 Å². The van der Waals surface area contributed by atoms with E-state index in [1.165, 1.54) is 27.6 Å². The van der Waals surface area contributed by atoms with Gasteiger partial charge in [-0.3, -0.25) is 13.5 Å². The summed E-state index contributed by atoms with van der Waals surface area (Å²) in [5, 5.41) is 5.70. The molecule has 252 valence electrons. The Balaban J connectivity index is 1.20. The number of fused-ring (bicyclic) bond motifs is 10. The summed E-state index contributed by atoms with van der Waals surface area (Å²) in [6.07, 6.45) is 3.88. The van der Waals surface area contributed by atoms with Crippen LogP contribution in [0.4, 0.5) is 0 Å². The standard InChI is InChI=1S/C46H37N5O/c1-28(2)32-14-11-15-33(29(3)4)44(32)51-42-19-10-7-16-39(42)48-46(51)50-41-18-9-6-13-36(41)37-23-21-31(27-43(37)50)52-30-20-22-34-35-12-5-8-17-40(35)49-25-24-47-45(49)38(34)26-30/h5-29H,1-4H3. The average Bonchev–Trinajstić information content (AvgIpc) is 3.89. The first-order valence-corrected chi connectivity index (χ1v) is 18.1. The van der Waals surface area contributed by atoms with E-state index in [1.807, 2.05) is 12.4 Å². The fourth-order valence-electron chi connectivity index (χ4n) is 8.13. The summed E-state index contributed by atoms with van der Waals surface area (Å²) in [6.45, 7) is 9.11. The minimum atomic E-state index is 0.323. The van der Waals surface area contributed by atoms with Gasteiger partial charge in [0.05, 0.1) is 33.3 Å². The third-order valence-electron chi connectivity index (χ3n) is 10.5. The van der Waals surface area contributed by atoms with Gasteiger partial charge >= 0.3 is 0 Å². The molecule has 0 aliphatic rings.